The van der Waals surface area contributed by atoms with Crippen molar-refractivity contribution < 1.29 is 38.7 Å². The smallest absolute Gasteiger partial charge is 0.412 e. The molecule has 2 N–H and O–H groups in total. The van der Waals surface area contributed by atoms with E-state index in [2.05, 4.69) is 0 Å². The Morgan fingerprint density at radius 1 is 0.781 bits per heavy atom. The van der Waals surface area contributed by atoms with Crippen LogP contribution >= 0.6 is 0 Å². The molecule has 0 aromatic heterocycles. The van der Waals surface area contributed by atoms with Crippen LogP contribution in [0.15, 0.2) is 0 Å². The van der Waals surface area contributed by atoms with Crippen LogP contribution in [0.1, 0.15) is 69.2 Å². The molecule has 186 valence electrons. The zero-order valence-electron chi connectivity index (χ0n) is 21.0. The van der Waals surface area contributed by atoms with Crippen LogP contribution in [0, 0.1) is 11.8 Å². The Morgan fingerprint density at radius 3 is 1.28 bits per heavy atom. The lowest BCUT2D eigenvalue weighted by Gasteiger charge is -2.45. The van der Waals surface area contributed by atoms with Crippen LogP contribution in [0.2, 0.25) is 0 Å². The van der Waals surface area contributed by atoms with E-state index in [1.165, 1.54) is 9.80 Å². The van der Waals surface area contributed by atoms with Crippen LogP contribution < -0.4 is 0 Å². The van der Waals surface area contributed by atoms with Crippen molar-refractivity contribution in [1.82, 2.24) is 9.80 Å². The number of carbonyl (C=O) groups is 2. The van der Waals surface area contributed by atoms with Crippen molar-refractivity contribution >= 4 is 12.2 Å². The first-order valence-corrected chi connectivity index (χ1v) is 11.1. The van der Waals surface area contributed by atoms with Crippen molar-refractivity contribution in [1.29, 1.82) is 0 Å². The molecule has 2 heterocycles. The molecule has 32 heavy (non-hydrogen) atoms. The first-order chi connectivity index (χ1) is 14.3. The van der Waals surface area contributed by atoms with E-state index in [0.29, 0.717) is 0 Å². The average molecular weight is 461 g/mol. The van der Waals surface area contributed by atoms with E-state index in [1.54, 1.807) is 69.2 Å². The monoisotopic (exact) mass is 460 g/mol. The van der Waals surface area contributed by atoms with Crippen molar-refractivity contribution in [3.8, 4) is 0 Å². The minimum Gasteiger partial charge on any atom is -0.444 e. The van der Waals surface area contributed by atoms with Gasteiger partial charge in [0.05, 0.1) is 12.1 Å². The summed E-state index contributed by atoms with van der Waals surface area (Å²) in [5.74, 6) is -5.31. The number of hydrogen-bond acceptors (Lipinski definition) is 8. The first kappa shape index (κ1) is 26.6. The topological polar surface area (TPSA) is 118 Å². The van der Waals surface area contributed by atoms with Crippen molar-refractivity contribution in [2.75, 3.05) is 13.5 Å². The average Bonchev–Trinajstić information content (AvgIpc) is 3.11. The molecule has 0 radical (unpaired) electrons. The molecule has 2 aliphatic heterocycles. The molecule has 2 saturated heterocycles. The number of nitrogens with zero attached hydrogens (tertiary/aromatic N) is 2. The second kappa shape index (κ2) is 8.62. The minimum absolute atomic E-state index is 0.308. The lowest BCUT2D eigenvalue weighted by molar-refractivity contribution is -0.371. The number of carbonyl (C=O) groups excluding carboxylic acids is 2. The van der Waals surface area contributed by atoms with E-state index < -0.39 is 47.0 Å². The highest BCUT2D eigenvalue weighted by atomic mass is 16.7. The zero-order valence-corrected chi connectivity index (χ0v) is 21.0. The fourth-order valence-corrected chi connectivity index (χ4v) is 4.32. The van der Waals surface area contributed by atoms with Gasteiger partial charge >= 0.3 is 12.2 Å². The maximum atomic E-state index is 12.8. The lowest BCUT2D eigenvalue weighted by atomic mass is 9.81. The maximum absolute atomic E-state index is 12.8. The number of aliphatic hydroxyl groups is 2. The Kier molecular flexibility index (Phi) is 7.18. The third kappa shape index (κ3) is 4.98. The highest BCUT2D eigenvalue weighted by Gasteiger charge is 2.71. The molecule has 0 unspecified atom stereocenters. The Morgan fingerprint density at radius 2 is 1.06 bits per heavy atom. The van der Waals surface area contributed by atoms with Gasteiger partial charge in [-0.3, -0.25) is 9.80 Å². The van der Waals surface area contributed by atoms with Gasteiger partial charge in [-0.1, -0.05) is 27.7 Å². The molecule has 0 aliphatic carbocycles. The molecule has 10 heteroatoms. The van der Waals surface area contributed by atoms with Crippen LogP contribution in [-0.2, 0) is 18.9 Å². The van der Waals surface area contributed by atoms with Gasteiger partial charge in [-0.05, 0) is 53.4 Å². The highest BCUT2D eigenvalue weighted by Crippen LogP contribution is 2.47. The third-order valence-electron chi connectivity index (χ3n) is 5.35. The molecular formula is C22H40N2O8. The van der Waals surface area contributed by atoms with Crippen molar-refractivity contribution in [3.05, 3.63) is 0 Å². The van der Waals surface area contributed by atoms with Gasteiger partial charge in [0.2, 0.25) is 11.6 Å². The molecule has 2 aliphatic rings. The normalized spacial score (nSPS) is 31.6. The molecule has 10 nitrogen and oxygen atoms in total. The predicted octanol–water partition coefficient (Wildman–Crippen LogP) is 2.86. The summed E-state index contributed by atoms with van der Waals surface area (Å²) in [7, 11) is 0. The van der Waals surface area contributed by atoms with E-state index in [4.69, 9.17) is 18.9 Å². The first-order valence-electron chi connectivity index (χ1n) is 11.1. The summed E-state index contributed by atoms with van der Waals surface area (Å²) in [5.41, 5.74) is -1.51. The molecule has 0 saturated carbocycles. The predicted molar refractivity (Wildman–Crippen MR) is 115 cm³/mol. The van der Waals surface area contributed by atoms with Gasteiger partial charge in [-0.25, -0.2) is 9.59 Å². The van der Waals surface area contributed by atoms with Gasteiger partial charge in [-0.15, -0.1) is 0 Å². The van der Waals surface area contributed by atoms with E-state index in [9.17, 15) is 19.8 Å². The second-order valence-electron chi connectivity index (χ2n) is 11.2. The molecule has 0 aromatic rings. The molecular weight excluding hydrogens is 420 g/mol. The molecule has 0 spiro atoms. The standard InChI is InChI=1S/C22H40N2O8/c1-13(2)15-21(27,29-11-23(15)17(25)31-19(5,6)7)22(28)16(14(3)4)24(12-30-22)18(26)32-20(8,9)10/h13-16,27-28H,11-12H2,1-10H3/t15-,16+,21-,22-/m1/s1. The van der Waals surface area contributed by atoms with Crippen LogP contribution in [0.3, 0.4) is 0 Å². The fourth-order valence-electron chi connectivity index (χ4n) is 4.32. The van der Waals surface area contributed by atoms with E-state index in [-0.39, 0.29) is 25.3 Å². The van der Waals surface area contributed by atoms with Gasteiger partial charge < -0.3 is 29.2 Å². The van der Waals surface area contributed by atoms with Crippen molar-refractivity contribution in [2.24, 2.45) is 11.8 Å². The molecule has 2 fully saturated rings. The van der Waals surface area contributed by atoms with Gasteiger partial charge in [0.25, 0.3) is 0 Å². The number of rotatable bonds is 3. The van der Waals surface area contributed by atoms with E-state index in [0.717, 1.165) is 0 Å². The largest absolute Gasteiger partial charge is 0.444 e. The number of amides is 2. The second-order valence-corrected chi connectivity index (χ2v) is 11.2. The molecule has 4 atom stereocenters. The summed E-state index contributed by atoms with van der Waals surface area (Å²) in [6.45, 7) is 16.9. The van der Waals surface area contributed by atoms with Crippen LogP contribution in [0.4, 0.5) is 9.59 Å². The Balaban J connectivity index is 2.43. The van der Waals surface area contributed by atoms with Crippen molar-refractivity contribution in [3.63, 3.8) is 0 Å². The Hall–Kier alpha value is -1.62. The Bertz CT molecular complexity index is 654. The Labute approximate surface area is 190 Å². The molecule has 2 amide bonds. The number of hydrogen-bond donors (Lipinski definition) is 2. The van der Waals surface area contributed by atoms with Gasteiger partial charge in [0, 0.05) is 0 Å². The highest BCUT2D eigenvalue weighted by molar-refractivity contribution is 5.70. The summed E-state index contributed by atoms with van der Waals surface area (Å²) in [5, 5.41) is 23.4. The summed E-state index contributed by atoms with van der Waals surface area (Å²) in [6.07, 6.45) is -1.36. The summed E-state index contributed by atoms with van der Waals surface area (Å²) < 4.78 is 22.3. The summed E-state index contributed by atoms with van der Waals surface area (Å²) in [4.78, 5) is 28.1. The zero-order chi connectivity index (χ0) is 24.9. The third-order valence-corrected chi connectivity index (χ3v) is 5.35. The van der Waals surface area contributed by atoms with Crippen LogP contribution in [0.5, 0.6) is 0 Å². The lowest BCUT2D eigenvalue weighted by Crippen LogP contribution is -2.70. The number of ether oxygens (including phenoxy) is 4. The maximum Gasteiger partial charge on any atom is 0.412 e. The van der Waals surface area contributed by atoms with E-state index in [1.807, 2.05) is 0 Å². The summed E-state index contributed by atoms with van der Waals surface area (Å²) >= 11 is 0. The van der Waals surface area contributed by atoms with Crippen LogP contribution in [-0.4, -0.2) is 80.5 Å². The van der Waals surface area contributed by atoms with Gasteiger partial charge in [0.1, 0.15) is 24.7 Å². The van der Waals surface area contributed by atoms with Crippen LogP contribution in [0.25, 0.3) is 0 Å². The van der Waals surface area contributed by atoms with Gasteiger partial charge in [0.15, 0.2) is 0 Å². The summed E-state index contributed by atoms with van der Waals surface area (Å²) in [6, 6.07) is -2.00. The minimum atomic E-state index is -2.32. The van der Waals surface area contributed by atoms with Gasteiger partial charge in [-0.2, -0.15) is 0 Å². The fraction of sp³-hybridized carbons (Fsp3) is 0.909. The van der Waals surface area contributed by atoms with E-state index >= 15 is 0 Å². The molecule has 0 aromatic carbocycles. The SMILES string of the molecule is CC(C)[C@@H]1N(C(=O)OC(C)(C)C)CO[C@@]1(O)[C@]1(O)OCN(C(=O)OC(C)(C)C)[C@@H]1C(C)C. The quantitative estimate of drug-likeness (QED) is 0.660. The molecule has 2 rings (SSSR count). The molecule has 0 bridgehead atoms. The van der Waals surface area contributed by atoms with Crippen molar-refractivity contribution in [2.45, 2.75) is 104 Å².